The molecule has 0 saturated heterocycles. The van der Waals surface area contributed by atoms with Gasteiger partial charge in [-0.2, -0.15) is 4.98 Å². The highest BCUT2D eigenvalue weighted by Gasteiger charge is 2.35. The molecule has 0 bridgehead atoms. The van der Waals surface area contributed by atoms with E-state index in [9.17, 15) is 4.79 Å². The van der Waals surface area contributed by atoms with Crippen molar-refractivity contribution in [3.63, 3.8) is 0 Å². The van der Waals surface area contributed by atoms with Gasteiger partial charge in [-0.15, -0.1) is 0 Å². The second-order valence-electron chi connectivity index (χ2n) is 7.93. The van der Waals surface area contributed by atoms with Crippen LogP contribution in [0.4, 0.5) is 22.2 Å². The molecule has 1 aliphatic heterocycles. The summed E-state index contributed by atoms with van der Waals surface area (Å²) in [4.78, 5) is 25.3. The minimum absolute atomic E-state index is 0.0607. The van der Waals surface area contributed by atoms with Crippen molar-refractivity contribution in [1.29, 1.82) is 0 Å². The standard InChI is InChI=1S/C21H26Cl2N6O3/c1-28-19-11(9-25-20(27-19)26-13-7-5-4-6-12(13)24)10-29(21(28)30)18-16(22)14(31-2)8-15(32-3)17(18)23/h8-9,12-13H,4-7,10,24H2,1-3H3,(H,25,26,27)/t12-,13+/m0/s1. The Morgan fingerprint density at radius 3 is 2.44 bits per heavy atom. The number of nitrogens with one attached hydrogen (secondary N) is 1. The van der Waals surface area contributed by atoms with Crippen LogP contribution in [0.15, 0.2) is 12.3 Å². The van der Waals surface area contributed by atoms with E-state index in [2.05, 4.69) is 15.3 Å². The molecule has 0 unspecified atom stereocenters. The average Bonchev–Trinajstić information content (AvgIpc) is 2.79. The van der Waals surface area contributed by atoms with Crippen LogP contribution in [-0.4, -0.2) is 49.4 Å². The van der Waals surface area contributed by atoms with E-state index in [0.29, 0.717) is 29.0 Å². The molecule has 2 atom stereocenters. The number of halogens is 2. The summed E-state index contributed by atoms with van der Waals surface area (Å²) in [5, 5.41) is 3.77. The zero-order valence-corrected chi connectivity index (χ0v) is 19.7. The van der Waals surface area contributed by atoms with Crippen molar-refractivity contribution in [3.05, 3.63) is 27.9 Å². The second-order valence-corrected chi connectivity index (χ2v) is 8.68. The van der Waals surface area contributed by atoms with Crippen molar-refractivity contribution in [2.24, 2.45) is 5.73 Å². The van der Waals surface area contributed by atoms with Gasteiger partial charge in [0.15, 0.2) is 0 Å². The van der Waals surface area contributed by atoms with Crippen LogP contribution in [0.1, 0.15) is 31.2 Å². The molecule has 0 spiro atoms. The molecule has 2 heterocycles. The number of aromatic nitrogens is 2. The highest BCUT2D eigenvalue weighted by atomic mass is 35.5. The fourth-order valence-corrected chi connectivity index (χ4v) is 4.87. The van der Waals surface area contributed by atoms with E-state index in [0.717, 1.165) is 31.2 Å². The average molecular weight is 481 g/mol. The van der Waals surface area contributed by atoms with Crippen molar-refractivity contribution < 1.29 is 14.3 Å². The number of hydrogen-bond acceptors (Lipinski definition) is 7. The van der Waals surface area contributed by atoms with Crippen LogP contribution in [0.3, 0.4) is 0 Å². The molecule has 1 aliphatic carbocycles. The topological polar surface area (TPSA) is 106 Å². The number of fused-ring (bicyclic) bond motifs is 1. The van der Waals surface area contributed by atoms with Gasteiger partial charge in [-0.3, -0.25) is 9.80 Å². The van der Waals surface area contributed by atoms with E-state index in [1.165, 1.54) is 24.0 Å². The minimum Gasteiger partial charge on any atom is -0.495 e. The van der Waals surface area contributed by atoms with Crippen molar-refractivity contribution in [1.82, 2.24) is 9.97 Å². The molecule has 1 saturated carbocycles. The van der Waals surface area contributed by atoms with Gasteiger partial charge in [0.25, 0.3) is 0 Å². The minimum atomic E-state index is -0.337. The van der Waals surface area contributed by atoms with E-state index in [-0.39, 0.29) is 34.7 Å². The number of nitrogens with zero attached hydrogens (tertiary/aromatic N) is 4. The van der Waals surface area contributed by atoms with Crippen LogP contribution in [-0.2, 0) is 6.54 Å². The van der Waals surface area contributed by atoms with Gasteiger partial charge in [0, 0.05) is 37.0 Å². The summed E-state index contributed by atoms with van der Waals surface area (Å²) >= 11 is 13.1. The number of amides is 2. The molecule has 11 heteroatoms. The molecule has 2 aliphatic rings. The number of carbonyl (C=O) groups is 1. The first-order valence-electron chi connectivity index (χ1n) is 10.4. The Kier molecular flexibility index (Phi) is 6.50. The maximum atomic E-state index is 13.3. The lowest BCUT2D eigenvalue weighted by Crippen LogP contribution is -2.46. The number of hydrogen-bond donors (Lipinski definition) is 2. The molecule has 2 aromatic rings. The molecule has 4 rings (SSSR count). The predicted molar refractivity (Wildman–Crippen MR) is 125 cm³/mol. The third-order valence-electron chi connectivity index (χ3n) is 5.96. The van der Waals surface area contributed by atoms with Gasteiger partial charge >= 0.3 is 6.03 Å². The lowest BCUT2D eigenvalue weighted by atomic mass is 9.91. The highest BCUT2D eigenvalue weighted by molar-refractivity contribution is 6.42. The van der Waals surface area contributed by atoms with Crippen molar-refractivity contribution in [2.75, 3.05) is 36.4 Å². The van der Waals surface area contributed by atoms with Gasteiger partial charge in [0.1, 0.15) is 27.4 Å². The summed E-state index contributed by atoms with van der Waals surface area (Å²) in [6.07, 6.45) is 5.90. The Morgan fingerprint density at radius 1 is 1.16 bits per heavy atom. The number of ether oxygens (including phenoxy) is 2. The number of rotatable bonds is 5. The summed E-state index contributed by atoms with van der Waals surface area (Å²) in [6, 6.07) is 1.42. The molecular weight excluding hydrogens is 455 g/mol. The monoisotopic (exact) mass is 480 g/mol. The molecule has 32 heavy (non-hydrogen) atoms. The molecule has 1 aromatic heterocycles. The van der Waals surface area contributed by atoms with E-state index in [1.54, 1.807) is 19.3 Å². The van der Waals surface area contributed by atoms with Crippen LogP contribution < -0.4 is 30.3 Å². The molecule has 1 aromatic carbocycles. The van der Waals surface area contributed by atoms with Gasteiger partial charge in [0.05, 0.1) is 26.5 Å². The molecule has 2 amide bonds. The van der Waals surface area contributed by atoms with Gasteiger partial charge in [-0.1, -0.05) is 36.0 Å². The summed E-state index contributed by atoms with van der Waals surface area (Å²) in [5.74, 6) is 1.68. The quantitative estimate of drug-likeness (QED) is 0.664. The summed E-state index contributed by atoms with van der Waals surface area (Å²) < 4.78 is 10.7. The van der Waals surface area contributed by atoms with Crippen LogP contribution >= 0.6 is 23.2 Å². The van der Waals surface area contributed by atoms with Crippen LogP contribution in [0.25, 0.3) is 0 Å². The Bertz CT molecular complexity index is 1010. The normalized spacial score (nSPS) is 20.8. The van der Waals surface area contributed by atoms with Gasteiger partial charge in [-0.25, -0.2) is 9.78 Å². The molecule has 172 valence electrons. The van der Waals surface area contributed by atoms with E-state index in [4.69, 9.17) is 38.4 Å². The largest absolute Gasteiger partial charge is 0.495 e. The Hall–Kier alpha value is -2.49. The third-order valence-corrected chi connectivity index (χ3v) is 6.69. The Labute approximate surface area is 196 Å². The van der Waals surface area contributed by atoms with Gasteiger partial charge < -0.3 is 20.5 Å². The first-order chi connectivity index (χ1) is 15.3. The van der Waals surface area contributed by atoms with Gasteiger partial charge in [0.2, 0.25) is 5.95 Å². The Morgan fingerprint density at radius 2 is 1.81 bits per heavy atom. The third kappa shape index (κ3) is 4.00. The number of benzene rings is 1. The van der Waals surface area contributed by atoms with E-state index < -0.39 is 0 Å². The number of nitrogens with two attached hydrogens (primary N) is 1. The molecule has 1 fully saturated rings. The van der Waals surface area contributed by atoms with Gasteiger partial charge in [-0.05, 0) is 12.8 Å². The van der Waals surface area contributed by atoms with Crippen molar-refractivity contribution in [3.8, 4) is 11.5 Å². The summed E-state index contributed by atoms with van der Waals surface area (Å²) in [5.41, 5.74) is 7.29. The number of urea groups is 1. The fraction of sp³-hybridized carbons (Fsp3) is 0.476. The van der Waals surface area contributed by atoms with Crippen LogP contribution in [0, 0.1) is 0 Å². The van der Waals surface area contributed by atoms with E-state index in [1.807, 2.05) is 0 Å². The van der Waals surface area contributed by atoms with E-state index >= 15 is 0 Å². The molecular formula is C21H26Cl2N6O3. The maximum absolute atomic E-state index is 13.3. The summed E-state index contributed by atoms with van der Waals surface area (Å²) in [7, 11) is 4.62. The molecule has 0 radical (unpaired) electrons. The number of methoxy groups -OCH3 is 2. The molecule has 3 N–H and O–H groups in total. The predicted octanol–water partition coefficient (Wildman–Crippen LogP) is 4.06. The van der Waals surface area contributed by atoms with Crippen LogP contribution in [0.5, 0.6) is 11.5 Å². The zero-order valence-electron chi connectivity index (χ0n) is 18.2. The van der Waals surface area contributed by atoms with Crippen molar-refractivity contribution in [2.45, 2.75) is 44.3 Å². The fourth-order valence-electron chi connectivity index (χ4n) is 4.17. The van der Waals surface area contributed by atoms with Crippen LogP contribution in [0.2, 0.25) is 10.0 Å². The first-order valence-corrected chi connectivity index (χ1v) is 11.1. The number of carbonyl (C=O) groups excluding carboxylic acids is 1. The second kappa shape index (κ2) is 9.17. The molecule has 9 nitrogen and oxygen atoms in total. The van der Waals surface area contributed by atoms with Crippen molar-refractivity contribution >= 4 is 46.7 Å². The Balaban J connectivity index is 1.67. The SMILES string of the molecule is COc1cc(OC)c(Cl)c(N2Cc3cnc(N[C@@H]4CCCC[C@@H]4N)nc3N(C)C2=O)c1Cl. The first kappa shape index (κ1) is 22.7. The lowest BCUT2D eigenvalue weighted by molar-refractivity contribution is 0.251. The smallest absolute Gasteiger partial charge is 0.330 e. The number of anilines is 3. The summed E-state index contributed by atoms with van der Waals surface area (Å²) in [6.45, 7) is 0.192. The lowest BCUT2D eigenvalue weighted by Gasteiger charge is -2.35. The zero-order chi connectivity index (χ0) is 23.0. The maximum Gasteiger partial charge on any atom is 0.330 e. The highest BCUT2D eigenvalue weighted by Crippen LogP contribution is 2.47.